The Morgan fingerprint density at radius 2 is 1.56 bits per heavy atom. The summed E-state index contributed by atoms with van der Waals surface area (Å²) in [6.07, 6.45) is 2.50. The van der Waals surface area contributed by atoms with E-state index in [1.54, 1.807) is 18.6 Å². The number of aromatic nitrogens is 5. The Labute approximate surface area is 277 Å². The Bertz CT molecular complexity index is 1970. The van der Waals surface area contributed by atoms with E-state index < -0.39 is 27.3 Å². The molecular formula is C35H37F3N6O3Si. The number of halogens is 3. The lowest BCUT2D eigenvalue weighted by atomic mass is 10.1. The molecule has 4 aromatic heterocycles. The molecule has 6 rings (SSSR count). The van der Waals surface area contributed by atoms with Crippen LogP contribution in [0.15, 0.2) is 97.6 Å². The van der Waals surface area contributed by atoms with Crippen molar-refractivity contribution < 1.29 is 27.4 Å². The van der Waals surface area contributed by atoms with Crippen molar-refractivity contribution >= 4 is 41.3 Å². The molecule has 13 heteroatoms. The highest BCUT2D eigenvalue weighted by atomic mass is 28.4. The summed E-state index contributed by atoms with van der Waals surface area (Å²) >= 11 is 0. The first-order valence-corrected chi connectivity index (χ1v) is 17.5. The van der Waals surface area contributed by atoms with Gasteiger partial charge in [0.2, 0.25) is 11.8 Å². The number of hydrogen-bond donors (Lipinski definition) is 2. The summed E-state index contributed by atoms with van der Waals surface area (Å²) in [6, 6.07) is 22.2. The molecule has 0 aliphatic rings. The van der Waals surface area contributed by atoms with Crippen LogP contribution in [-0.4, -0.2) is 62.8 Å². The molecule has 0 aliphatic carbocycles. The van der Waals surface area contributed by atoms with Crippen molar-refractivity contribution in [1.29, 1.82) is 0 Å². The number of aliphatic hydroxyl groups excluding tert-OH is 1. The first-order chi connectivity index (χ1) is 22.9. The standard InChI is InChI=1S/C35H37F3N6O3Si/c1-24(35(36,37)38)40-33-41-31-30(28(22-44(31)23-45)25-15-16-29-39-17-18-43(29)21-25)32(42-33)46-19-20-47-48(34(2,3)4,26-11-7-5-8-12-26)27-13-9-6-10-14-27/h5-18,21-22,24,45H,19-20,23H2,1-4H3,(H,40,41,42)/t24-/m1/s1. The number of fused-ring (bicyclic) bond motifs is 2. The zero-order valence-electron chi connectivity index (χ0n) is 27.1. The predicted molar refractivity (Wildman–Crippen MR) is 182 cm³/mol. The van der Waals surface area contributed by atoms with E-state index in [9.17, 15) is 18.3 Å². The predicted octanol–water partition coefficient (Wildman–Crippen LogP) is 6.01. The third-order valence-electron chi connectivity index (χ3n) is 8.43. The van der Waals surface area contributed by atoms with Crippen molar-refractivity contribution in [2.75, 3.05) is 18.5 Å². The van der Waals surface area contributed by atoms with E-state index in [1.807, 2.05) is 59.1 Å². The minimum absolute atomic E-state index is 0.0508. The zero-order valence-corrected chi connectivity index (χ0v) is 28.1. The van der Waals surface area contributed by atoms with Gasteiger partial charge in [-0.15, -0.1) is 0 Å². The second-order valence-electron chi connectivity index (χ2n) is 12.6. The van der Waals surface area contributed by atoms with Gasteiger partial charge in [-0.2, -0.15) is 23.1 Å². The largest absolute Gasteiger partial charge is 0.475 e. The maximum absolute atomic E-state index is 13.5. The second-order valence-corrected chi connectivity index (χ2v) is 16.9. The van der Waals surface area contributed by atoms with Gasteiger partial charge in [-0.1, -0.05) is 81.4 Å². The number of aliphatic hydroxyl groups is 1. The van der Waals surface area contributed by atoms with Crippen molar-refractivity contribution in [3.05, 3.63) is 97.6 Å². The monoisotopic (exact) mass is 674 g/mol. The Balaban J connectivity index is 1.40. The summed E-state index contributed by atoms with van der Waals surface area (Å²) in [5.41, 5.74) is 2.34. The fraction of sp³-hybridized carbons (Fsp3) is 0.286. The van der Waals surface area contributed by atoms with Crippen LogP contribution in [0, 0.1) is 0 Å². The van der Waals surface area contributed by atoms with Gasteiger partial charge >= 0.3 is 6.18 Å². The number of alkyl halides is 3. The van der Waals surface area contributed by atoms with E-state index >= 15 is 0 Å². The molecule has 0 radical (unpaired) electrons. The highest BCUT2D eigenvalue weighted by Crippen LogP contribution is 2.38. The molecule has 9 nitrogen and oxygen atoms in total. The van der Waals surface area contributed by atoms with Crippen molar-refractivity contribution in [2.45, 2.75) is 51.7 Å². The number of imidazole rings is 1. The molecule has 2 N–H and O–H groups in total. The molecule has 2 aromatic carbocycles. The van der Waals surface area contributed by atoms with E-state index in [4.69, 9.17) is 9.16 Å². The number of nitrogens with zero attached hydrogens (tertiary/aromatic N) is 5. The van der Waals surface area contributed by atoms with Crippen molar-refractivity contribution in [2.24, 2.45) is 0 Å². The van der Waals surface area contributed by atoms with E-state index in [-0.39, 0.29) is 35.7 Å². The third kappa shape index (κ3) is 6.28. The van der Waals surface area contributed by atoms with Crippen molar-refractivity contribution in [1.82, 2.24) is 23.9 Å². The van der Waals surface area contributed by atoms with Crippen LogP contribution in [0.5, 0.6) is 5.88 Å². The minimum Gasteiger partial charge on any atom is -0.475 e. The molecule has 0 amide bonds. The third-order valence-corrected chi connectivity index (χ3v) is 13.5. The van der Waals surface area contributed by atoms with Gasteiger partial charge in [-0.3, -0.25) is 0 Å². The fourth-order valence-electron chi connectivity index (χ4n) is 6.10. The van der Waals surface area contributed by atoms with Crippen molar-refractivity contribution in [3.63, 3.8) is 0 Å². The Morgan fingerprint density at radius 3 is 2.17 bits per heavy atom. The normalized spacial score (nSPS) is 13.2. The van der Waals surface area contributed by atoms with E-state index in [1.165, 1.54) is 4.57 Å². The Morgan fingerprint density at radius 1 is 0.896 bits per heavy atom. The van der Waals surface area contributed by atoms with Gasteiger partial charge in [0.25, 0.3) is 8.32 Å². The highest BCUT2D eigenvalue weighted by molar-refractivity contribution is 6.99. The van der Waals surface area contributed by atoms with E-state index in [2.05, 4.69) is 65.3 Å². The summed E-state index contributed by atoms with van der Waals surface area (Å²) in [5.74, 6) is -0.213. The molecule has 0 fully saturated rings. The van der Waals surface area contributed by atoms with Crippen LogP contribution in [0.1, 0.15) is 27.7 Å². The minimum atomic E-state index is -4.53. The average molecular weight is 675 g/mol. The fourth-order valence-corrected chi connectivity index (χ4v) is 10.6. The van der Waals surface area contributed by atoms with Gasteiger partial charge in [0.1, 0.15) is 25.0 Å². The summed E-state index contributed by atoms with van der Waals surface area (Å²) in [7, 11) is -2.88. The molecule has 0 spiro atoms. The lowest BCUT2D eigenvalue weighted by molar-refractivity contribution is -0.138. The second kappa shape index (κ2) is 13.1. The lowest BCUT2D eigenvalue weighted by Crippen LogP contribution is -2.66. The molecule has 0 saturated carbocycles. The molecule has 0 bridgehead atoms. The van der Waals surface area contributed by atoms with Crippen molar-refractivity contribution in [3.8, 4) is 17.0 Å². The van der Waals surface area contributed by atoms with Crippen LogP contribution >= 0.6 is 0 Å². The molecular weight excluding hydrogens is 638 g/mol. The summed E-state index contributed by atoms with van der Waals surface area (Å²) in [6.45, 7) is 7.28. The quantitative estimate of drug-likeness (QED) is 0.128. The van der Waals surface area contributed by atoms with Crippen LogP contribution in [0.4, 0.5) is 19.1 Å². The smallest absolute Gasteiger partial charge is 0.408 e. The molecule has 1 atom stereocenters. The lowest BCUT2D eigenvalue weighted by Gasteiger charge is -2.43. The number of pyridine rings is 1. The number of benzene rings is 2. The summed E-state index contributed by atoms with van der Waals surface area (Å²) in [4.78, 5) is 13.1. The first kappa shape index (κ1) is 33.2. The van der Waals surface area contributed by atoms with Crippen LogP contribution in [0.25, 0.3) is 27.8 Å². The van der Waals surface area contributed by atoms with Crippen LogP contribution in [0.2, 0.25) is 5.04 Å². The van der Waals surface area contributed by atoms with Gasteiger partial charge in [-0.05, 0) is 34.5 Å². The topological polar surface area (TPSA) is 98.7 Å². The van der Waals surface area contributed by atoms with Gasteiger partial charge in [0.15, 0.2) is 5.65 Å². The first-order valence-electron chi connectivity index (χ1n) is 15.6. The van der Waals surface area contributed by atoms with Crippen LogP contribution in [-0.2, 0) is 11.2 Å². The zero-order chi connectivity index (χ0) is 34.1. The Kier molecular flexibility index (Phi) is 9.03. The summed E-state index contributed by atoms with van der Waals surface area (Å²) < 4.78 is 57.2. The molecule has 0 saturated heterocycles. The number of ether oxygens (including phenoxy) is 1. The number of hydrogen-bond acceptors (Lipinski definition) is 7. The van der Waals surface area contributed by atoms with Crippen LogP contribution in [0.3, 0.4) is 0 Å². The molecule has 6 aromatic rings. The maximum atomic E-state index is 13.5. The summed E-state index contributed by atoms with van der Waals surface area (Å²) in [5, 5.41) is 15.0. The number of anilines is 1. The Hall–Kier alpha value is -4.72. The van der Waals surface area contributed by atoms with Gasteiger partial charge in [-0.25, -0.2) is 4.98 Å². The van der Waals surface area contributed by atoms with Gasteiger partial charge < -0.3 is 28.6 Å². The van der Waals surface area contributed by atoms with E-state index in [0.29, 0.717) is 10.9 Å². The molecule has 250 valence electrons. The highest BCUT2D eigenvalue weighted by Gasteiger charge is 2.50. The maximum Gasteiger partial charge on any atom is 0.408 e. The van der Waals surface area contributed by atoms with Gasteiger partial charge in [0.05, 0.1) is 12.0 Å². The SMILES string of the molecule is C[C@@H](Nc1nc(OCCO[Si](c2ccccc2)(c2ccccc2)C(C)(C)C)c2c(-c3ccc4nccn4c3)cn(CO)c2n1)C(F)(F)F. The van der Waals surface area contributed by atoms with E-state index in [0.717, 1.165) is 28.5 Å². The molecule has 0 unspecified atom stereocenters. The van der Waals surface area contributed by atoms with Crippen LogP contribution < -0.4 is 20.4 Å². The number of nitrogens with one attached hydrogen (secondary N) is 1. The molecule has 4 heterocycles. The average Bonchev–Trinajstić information content (AvgIpc) is 3.69. The molecule has 48 heavy (non-hydrogen) atoms. The molecule has 0 aliphatic heterocycles. The van der Waals surface area contributed by atoms with Gasteiger partial charge in [0, 0.05) is 35.9 Å². The number of rotatable bonds is 11.